The number of rotatable bonds is 7. The van der Waals surface area contributed by atoms with Gasteiger partial charge in [0.1, 0.15) is 5.75 Å². The normalized spacial score (nSPS) is 19.7. The van der Waals surface area contributed by atoms with Crippen molar-refractivity contribution in [2.75, 3.05) is 44.2 Å². The predicted molar refractivity (Wildman–Crippen MR) is 131 cm³/mol. The van der Waals surface area contributed by atoms with E-state index in [0.717, 1.165) is 5.56 Å². The first kappa shape index (κ1) is 24.0. The maximum Gasteiger partial charge on any atom is 0.236 e. The first-order valence-electron chi connectivity index (χ1n) is 11.4. The minimum Gasteiger partial charge on any atom is -0.492 e. The Balaban J connectivity index is 1.36. The minimum absolute atomic E-state index is 0.110. The summed E-state index contributed by atoms with van der Waals surface area (Å²) in [6.45, 7) is 3.71. The number of sulfonamides is 1. The zero-order valence-corrected chi connectivity index (χ0v) is 20.0. The molecule has 1 atom stereocenters. The van der Waals surface area contributed by atoms with Crippen molar-refractivity contribution in [2.24, 2.45) is 5.92 Å². The van der Waals surface area contributed by atoms with Crippen LogP contribution >= 0.6 is 0 Å². The molecule has 2 heterocycles. The number of anilines is 1. The standard InChI is InChI=1S/C25H29N3O5S/c1-2-33-23-11-7-6-10-22(23)28-19-21(18-24(28)29)25(30)26-13-15-27(16-14-26)34(31,32)17-12-20-8-4-3-5-9-20/h3-12,17,21H,2,13-16,18-19H2,1H3/b17-12+. The summed E-state index contributed by atoms with van der Waals surface area (Å²) >= 11 is 0. The number of hydrogen-bond acceptors (Lipinski definition) is 5. The Labute approximate surface area is 200 Å². The summed E-state index contributed by atoms with van der Waals surface area (Å²) < 4.78 is 32.4. The van der Waals surface area contributed by atoms with E-state index in [1.54, 1.807) is 15.9 Å². The lowest BCUT2D eigenvalue weighted by Gasteiger charge is -2.34. The van der Waals surface area contributed by atoms with Gasteiger partial charge in [-0.25, -0.2) is 8.42 Å². The molecule has 0 aliphatic carbocycles. The molecule has 0 spiro atoms. The summed E-state index contributed by atoms with van der Waals surface area (Å²) in [5.74, 6) is -0.0588. The third-order valence-corrected chi connectivity index (χ3v) is 7.64. The summed E-state index contributed by atoms with van der Waals surface area (Å²) in [5, 5.41) is 1.21. The second-order valence-corrected chi connectivity index (χ2v) is 10.1. The van der Waals surface area contributed by atoms with Crippen molar-refractivity contribution in [1.82, 2.24) is 9.21 Å². The van der Waals surface area contributed by atoms with Crippen LogP contribution < -0.4 is 9.64 Å². The lowest BCUT2D eigenvalue weighted by atomic mass is 10.1. The Kier molecular flexibility index (Phi) is 7.33. The summed E-state index contributed by atoms with van der Waals surface area (Å²) in [7, 11) is -3.57. The predicted octanol–water partition coefficient (Wildman–Crippen LogP) is 2.58. The van der Waals surface area contributed by atoms with Gasteiger partial charge in [0.25, 0.3) is 0 Å². The second-order valence-electron chi connectivity index (χ2n) is 8.29. The highest BCUT2D eigenvalue weighted by molar-refractivity contribution is 7.92. The van der Waals surface area contributed by atoms with Crippen LogP contribution in [0.1, 0.15) is 18.9 Å². The van der Waals surface area contributed by atoms with Crippen LogP contribution in [-0.4, -0.2) is 68.8 Å². The van der Waals surface area contributed by atoms with Crippen LogP contribution in [0.3, 0.4) is 0 Å². The van der Waals surface area contributed by atoms with Gasteiger partial charge in [0.2, 0.25) is 21.8 Å². The third-order valence-electron chi connectivity index (χ3n) is 6.07. The molecule has 0 bridgehead atoms. The third kappa shape index (κ3) is 5.31. The number of piperazine rings is 1. The Morgan fingerprint density at radius 1 is 1.03 bits per heavy atom. The molecule has 2 aliphatic heterocycles. The molecule has 9 heteroatoms. The molecule has 8 nitrogen and oxygen atoms in total. The van der Waals surface area contributed by atoms with Crippen molar-refractivity contribution in [3.63, 3.8) is 0 Å². The quantitative estimate of drug-likeness (QED) is 0.604. The molecule has 1 unspecified atom stereocenters. The average Bonchev–Trinajstić information content (AvgIpc) is 3.25. The van der Waals surface area contributed by atoms with E-state index in [4.69, 9.17) is 4.74 Å². The zero-order chi connectivity index (χ0) is 24.1. The summed E-state index contributed by atoms with van der Waals surface area (Å²) in [5.41, 5.74) is 1.48. The average molecular weight is 484 g/mol. The van der Waals surface area contributed by atoms with Crippen molar-refractivity contribution in [3.05, 3.63) is 65.6 Å². The van der Waals surface area contributed by atoms with Gasteiger partial charge in [0.05, 0.1) is 18.2 Å². The monoisotopic (exact) mass is 483 g/mol. The second kappa shape index (κ2) is 10.4. The Morgan fingerprint density at radius 2 is 1.71 bits per heavy atom. The number of nitrogens with zero attached hydrogens (tertiary/aromatic N) is 3. The minimum atomic E-state index is -3.57. The Hall–Kier alpha value is -3.17. The number of amides is 2. The van der Waals surface area contributed by atoms with Gasteiger partial charge in [-0.3, -0.25) is 9.59 Å². The number of ether oxygens (including phenoxy) is 1. The van der Waals surface area contributed by atoms with Crippen LogP contribution in [0.4, 0.5) is 5.69 Å². The fourth-order valence-corrected chi connectivity index (χ4v) is 5.47. The van der Waals surface area contributed by atoms with Gasteiger partial charge in [-0.2, -0.15) is 4.31 Å². The molecule has 0 saturated carbocycles. The van der Waals surface area contributed by atoms with Crippen LogP contribution in [0.2, 0.25) is 0 Å². The smallest absolute Gasteiger partial charge is 0.236 e. The molecule has 0 N–H and O–H groups in total. The van der Waals surface area contributed by atoms with Crippen molar-refractivity contribution >= 4 is 33.6 Å². The molecule has 2 saturated heterocycles. The van der Waals surface area contributed by atoms with Gasteiger partial charge in [-0.1, -0.05) is 42.5 Å². The van der Waals surface area contributed by atoms with E-state index >= 15 is 0 Å². The molecule has 2 amide bonds. The highest BCUT2D eigenvalue weighted by Gasteiger charge is 2.39. The SMILES string of the molecule is CCOc1ccccc1N1CC(C(=O)N2CCN(S(=O)(=O)/C=C/c3ccccc3)CC2)CC1=O. The zero-order valence-electron chi connectivity index (χ0n) is 19.2. The van der Waals surface area contributed by atoms with E-state index in [1.807, 2.05) is 61.5 Å². The molecular formula is C25H29N3O5S. The van der Waals surface area contributed by atoms with Gasteiger partial charge < -0.3 is 14.5 Å². The Morgan fingerprint density at radius 3 is 2.41 bits per heavy atom. The maximum absolute atomic E-state index is 13.1. The van der Waals surface area contributed by atoms with E-state index in [9.17, 15) is 18.0 Å². The first-order valence-corrected chi connectivity index (χ1v) is 12.9. The number of carbonyl (C=O) groups excluding carboxylic acids is 2. The van der Waals surface area contributed by atoms with Gasteiger partial charge in [0.15, 0.2) is 0 Å². The summed E-state index contributed by atoms with van der Waals surface area (Å²) in [4.78, 5) is 29.1. The summed E-state index contributed by atoms with van der Waals surface area (Å²) in [6, 6.07) is 16.6. The molecule has 2 aromatic rings. The molecule has 180 valence electrons. The van der Waals surface area contributed by atoms with Crippen LogP contribution in [-0.2, 0) is 19.6 Å². The van der Waals surface area contributed by atoms with Gasteiger partial charge in [-0.05, 0) is 30.7 Å². The Bertz CT molecular complexity index is 1160. The van der Waals surface area contributed by atoms with Crippen LogP contribution in [0.15, 0.2) is 60.0 Å². The lowest BCUT2D eigenvalue weighted by molar-refractivity contribution is -0.136. The topological polar surface area (TPSA) is 87.2 Å². The number of hydrogen-bond donors (Lipinski definition) is 0. The van der Waals surface area contributed by atoms with E-state index in [-0.39, 0.29) is 31.3 Å². The van der Waals surface area contributed by atoms with E-state index in [0.29, 0.717) is 37.7 Å². The highest BCUT2D eigenvalue weighted by atomic mass is 32.2. The maximum atomic E-state index is 13.1. The van der Waals surface area contributed by atoms with Crippen LogP contribution in [0.5, 0.6) is 5.75 Å². The molecule has 0 radical (unpaired) electrons. The molecule has 0 aromatic heterocycles. The van der Waals surface area contributed by atoms with Crippen molar-refractivity contribution in [2.45, 2.75) is 13.3 Å². The fraction of sp³-hybridized carbons (Fsp3) is 0.360. The van der Waals surface area contributed by atoms with E-state index < -0.39 is 15.9 Å². The van der Waals surface area contributed by atoms with Gasteiger partial charge >= 0.3 is 0 Å². The van der Waals surface area contributed by atoms with Crippen molar-refractivity contribution < 1.29 is 22.7 Å². The summed E-state index contributed by atoms with van der Waals surface area (Å²) in [6.07, 6.45) is 1.71. The van der Waals surface area contributed by atoms with Gasteiger partial charge in [0, 0.05) is 44.6 Å². The van der Waals surface area contributed by atoms with E-state index in [2.05, 4.69) is 0 Å². The largest absolute Gasteiger partial charge is 0.492 e. The molecular weight excluding hydrogens is 454 g/mol. The fourth-order valence-electron chi connectivity index (χ4n) is 4.30. The molecule has 2 aliphatic rings. The number of benzene rings is 2. The van der Waals surface area contributed by atoms with Crippen molar-refractivity contribution in [1.29, 1.82) is 0 Å². The molecule has 2 fully saturated rings. The van der Waals surface area contributed by atoms with Crippen molar-refractivity contribution in [3.8, 4) is 5.75 Å². The highest BCUT2D eigenvalue weighted by Crippen LogP contribution is 2.33. The van der Waals surface area contributed by atoms with Gasteiger partial charge in [-0.15, -0.1) is 0 Å². The molecule has 34 heavy (non-hydrogen) atoms. The first-order chi connectivity index (χ1) is 16.4. The molecule has 4 rings (SSSR count). The lowest BCUT2D eigenvalue weighted by Crippen LogP contribution is -2.51. The van der Waals surface area contributed by atoms with Crippen LogP contribution in [0, 0.1) is 5.92 Å². The van der Waals surface area contributed by atoms with Crippen LogP contribution in [0.25, 0.3) is 6.08 Å². The molecule has 2 aromatic carbocycles. The van der Waals surface area contributed by atoms with E-state index in [1.165, 1.54) is 9.71 Å². The number of para-hydroxylation sites is 2. The number of carbonyl (C=O) groups is 2.